The first kappa shape index (κ1) is 9.66. The molecule has 1 atom stereocenters. The van der Waals surface area contributed by atoms with Crippen molar-refractivity contribution in [1.82, 2.24) is 20.5 Å². The van der Waals surface area contributed by atoms with E-state index in [1.807, 2.05) is 0 Å². The van der Waals surface area contributed by atoms with Gasteiger partial charge in [-0.25, -0.2) is 4.98 Å². The summed E-state index contributed by atoms with van der Waals surface area (Å²) in [6.07, 6.45) is 2.07. The monoisotopic (exact) mass is 183 g/mol. The van der Waals surface area contributed by atoms with Crippen LogP contribution < -0.4 is 11.1 Å². The molecule has 6 nitrogen and oxygen atoms in total. The second-order valence-electron chi connectivity index (χ2n) is 2.76. The molecule has 1 amide bonds. The van der Waals surface area contributed by atoms with E-state index in [0.717, 1.165) is 5.82 Å². The highest BCUT2D eigenvalue weighted by Crippen LogP contribution is 1.85. The average Bonchev–Trinajstić information content (AvgIpc) is 2.56. The van der Waals surface area contributed by atoms with Crippen LogP contribution in [0.3, 0.4) is 0 Å². The Kier molecular flexibility index (Phi) is 3.39. The van der Waals surface area contributed by atoms with E-state index < -0.39 is 6.04 Å². The summed E-state index contributed by atoms with van der Waals surface area (Å²) in [5.41, 5.74) is 5.35. The Labute approximate surface area is 75.9 Å². The number of nitrogens with zero attached hydrogens (tertiary/aromatic N) is 2. The van der Waals surface area contributed by atoms with Crippen LogP contribution in [0.1, 0.15) is 12.7 Å². The second-order valence-corrected chi connectivity index (χ2v) is 2.76. The van der Waals surface area contributed by atoms with Gasteiger partial charge in [0.25, 0.3) is 0 Å². The van der Waals surface area contributed by atoms with Crippen molar-refractivity contribution < 1.29 is 4.79 Å². The van der Waals surface area contributed by atoms with E-state index in [0.29, 0.717) is 13.0 Å². The molecule has 6 heteroatoms. The number of rotatable bonds is 4. The second kappa shape index (κ2) is 4.56. The van der Waals surface area contributed by atoms with Crippen LogP contribution in [-0.4, -0.2) is 33.7 Å². The molecule has 0 fully saturated rings. The number of carbonyl (C=O) groups excluding carboxylic acids is 1. The van der Waals surface area contributed by atoms with Gasteiger partial charge in [-0.15, -0.1) is 0 Å². The van der Waals surface area contributed by atoms with Gasteiger partial charge >= 0.3 is 0 Å². The van der Waals surface area contributed by atoms with Crippen molar-refractivity contribution in [2.75, 3.05) is 6.54 Å². The summed E-state index contributed by atoms with van der Waals surface area (Å²) in [5.74, 6) is 0.601. The summed E-state index contributed by atoms with van der Waals surface area (Å²) in [4.78, 5) is 14.9. The van der Waals surface area contributed by atoms with Crippen molar-refractivity contribution in [3.05, 3.63) is 12.2 Å². The van der Waals surface area contributed by atoms with Gasteiger partial charge in [0.05, 0.1) is 6.04 Å². The highest BCUT2D eigenvalue weighted by atomic mass is 16.2. The summed E-state index contributed by atoms with van der Waals surface area (Å²) >= 11 is 0. The number of hydrogen-bond acceptors (Lipinski definition) is 4. The number of hydrogen-bond donors (Lipinski definition) is 3. The topological polar surface area (TPSA) is 96.7 Å². The molecule has 0 spiro atoms. The minimum atomic E-state index is -0.463. The number of carbonyl (C=O) groups is 1. The molecular formula is C7H13N5O. The number of aromatic amines is 1. The van der Waals surface area contributed by atoms with Gasteiger partial charge < -0.3 is 11.1 Å². The molecule has 1 aromatic rings. The maximum atomic E-state index is 11.0. The number of nitrogens with two attached hydrogens (primary N) is 1. The normalized spacial score (nSPS) is 12.5. The predicted molar refractivity (Wildman–Crippen MR) is 46.7 cm³/mol. The lowest BCUT2D eigenvalue weighted by Crippen LogP contribution is -2.39. The summed E-state index contributed by atoms with van der Waals surface area (Å²) in [6.45, 7) is 2.17. The summed E-state index contributed by atoms with van der Waals surface area (Å²) in [5, 5.41) is 9.05. The standard InChI is InChI=1S/C7H13N5O/c1-5(8)7(13)9-3-2-6-10-4-11-12-6/h4-5H,2-3,8H2,1H3,(H,9,13)(H,10,11,12). The van der Waals surface area contributed by atoms with Crippen LogP contribution in [0.4, 0.5) is 0 Å². The molecule has 0 aliphatic carbocycles. The van der Waals surface area contributed by atoms with Crippen molar-refractivity contribution in [3.63, 3.8) is 0 Å². The highest BCUT2D eigenvalue weighted by Gasteiger charge is 2.05. The highest BCUT2D eigenvalue weighted by molar-refractivity contribution is 5.80. The van der Waals surface area contributed by atoms with E-state index in [2.05, 4.69) is 20.5 Å². The predicted octanol–water partition coefficient (Wildman–Crippen LogP) is -1.19. The minimum Gasteiger partial charge on any atom is -0.354 e. The molecule has 0 aliphatic heterocycles. The van der Waals surface area contributed by atoms with Gasteiger partial charge in [-0.05, 0) is 6.92 Å². The molecule has 1 aromatic heterocycles. The van der Waals surface area contributed by atoms with Gasteiger partial charge in [0.2, 0.25) is 5.91 Å². The summed E-state index contributed by atoms with van der Waals surface area (Å²) in [7, 11) is 0. The number of amides is 1. The zero-order valence-electron chi connectivity index (χ0n) is 7.45. The molecule has 0 aromatic carbocycles. The largest absolute Gasteiger partial charge is 0.354 e. The van der Waals surface area contributed by atoms with Crippen LogP contribution in [0.15, 0.2) is 6.33 Å². The molecule has 0 aliphatic rings. The Morgan fingerprint density at radius 1 is 1.85 bits per heavy atom. The molecule has 1 rings (SSSR count). The van der Waals surface area contributed by atoms with E-state index in [-0.39, 0.29) is 5.91 Å². The third-order valence-electron chi connectivity index (χ3n) is 1.54. The number of aromatic nitrogens is 3. The Balaban J connectivity index is 2.18. The number of H-pyrrole nitrogens is 1. The van der Waals surface area contributed by atoms with Crippen molar-refractivity contribution in [1.29, 1.82) is 0 Å². The van der Waals surface area contributed by atoms with Gasteiger partial charge in [0.1, 0.15) is 12.2 Å². The smallest absolute Gasteiger partial charge is 0.236 e. The molecule has 0 bridgehead atoms. The van der Waals surface area contributed by atoms with Crippen LogP contribution in [0.5, 0.6) is 0 Å². The van der Waals surface area contributed by atoms with Gasteiger partial charge in [-0.2, -0.15) is 5.10 Å². The van der Waals surface area contributed by atoms with Crippen molar-refractivity contribution >= 4 is 5.91 Å². The fourth-order valence-electron chi connectivity index (χ4n) is 0.816. The van der Waals surface area contributed by atoms with E-state index in [1.54, 1.807) is 6.92 Å². The molecule has 13 heavy (non-hydrogen) atoms. The Morgan fingerprint density at radius 3 is 3.15 bits per heavy atom. The van der Waals surface area contributed by atoms with E-state index in [4.69, 9.17) is 5.73 Å². The third-order valence-corrected chi connectivity index (χ3v) is 1.54. The van der Waals surface area contributed by atoms with Crippen LogP contribution >= 0.6 is 0 Å². The van der Waals surface area contributed by atoms with Crippen LogP contribution in [-0.2, 0) is 11.2 Å². The van der Waals surface area contributed by atoms with Gasteiger partial charge in [-0.1, -0.05) is 0 Å². The Bertz CT molecular complexity index is 256. The zero-order chi connectivity index (χ0) is 9.68. The summed E-state index contributed by atoms with van der Waals surface area (Å²) in [6, 6.07) is -0.463. The fraction of sp³-hybridized carbons (Fsp3) is 0.571. The van der Waals surface area contributed by atoms with Gasteiger partial charge in [0.15, 0.2) is 0 Å². The lowest BCUT2D eigenvalue weighted by atomic mass is 10.3. The maximum Gasteiger partial charge on any atom is 0.236 e. The first-order chi connectivity index (χ1) is 6.20. The van der Waals surface area contributed by atoms with Crippen LogP contribution in [0.25, 0.3) is 0 Å². The lowest BCUT2D eigenvalue weighted by molar-refractivity contribution is -0.121. The molecule has 1 heterocycles. The molecule has 72 valence electrons. The molecule has 4 N–H and O–H groups in total. The average molecular weight is 183 g/mol. The molecule has 0 saturated carbocycles. The van der Waals surface area contributed by atoms with E-state index in [1.165, 1.54) is 6.33 Å². The van der Waals surface area contributed by atoms with Crippen molar-refractivity contribution in [3.8, 4) is 0 Å². The van der Waals surface area contributed by atoms with Gasteiger partial charge in [0, 0.05) is 13.0 Å². The van der Waals surface area contributed by atoms with Crippen LogP contribution in [0.2, 0.25) is 0 Å². The minimum absolute atomic E-state index is 0.153. The maximum absolute atomic E-state index is 11.0. The SMILES string of the molecule is CC(N)C(=O)NCCc1ncn[nH]1. The molecule has 0 radical (unpaired) electrons. The Hall–Kier alpha value is -1.43. The Morgan fingerprint density at radius 2 is 2.62 bits per heavy atom. The number of nitrogens with one attached hydrogen (secondary N) is 2. The third kappa shape index (κ3) is 3.20. The molecule has 0 saturated heterocycles. The van der Waals surface area contributed by atoms with E-state index in [9.17, 15) is 4.79 Å². The molecular weight excluding hydrogens is 170 g/mol. The summed E-state index contributed by atoms with van der Waals surface area (Å²) < 4.78 is 0. The fourth-order valence-corrected chi connectivity index (χ4v) is 0.816. The van der Waals surface area contributed by atoms with Crippen molar-refractivity contribution in [2.24, 2.45) is 5.73 Å². The zero-order valence-corrected chi connectivity index (χ0v) is 7.45. The van der Waals surface area contributed by atoms with Gasteiger partial charge in [-0.3, -0.25) is 9.89 Å². The lowest BCUT2D eigenvalue weighted by Gasteiger charge is -2.05. The van der Waals surface area contributed by atoms with E-state index >= 15 is 0 Å². The first-order valence-corrected chi connectivity index (χ1v) is 4.07. The first-order valence-electron chi connectivity index (χ1n) is 4.07. The molecule has 1 unspecified atom stereocenters. The van der Waals surface area contributed by atoms with Crippen molar-refractivity contribution in [2.45, 2.75) is 19.4 Å². The quantitative estimate of drug-likeness (QED) is 0.547. The van der Waals surface area contributed by atoms with Crippen LogP contribution in [0, 0.1) is 0 Å².